The summed E-state index contributed by atoms with van der Waals surface area (Å²) in [5.41, 5.74) is -0.113. The molecule has 0 bridgehead atoms. The van der Waals surface area contributed by atoms with Gasteiger partial charge in [-0.05, 0) is 12.8 Å². The Hall–Kier alpha value is -0.120. The van der Waals surface area contributed by atoms with E-state index < -0.39 is 0 Å². The first kappa shape index (κ1) is 11.0. The molecule has 1 saturated heterocycles. The number of hydrogen-bond acceptors (Lipinski definition) is 3. The Morgan fingerprint density at radius 1 is 1.38 bits per heavy atom. The number of hydrogen-bond donors (Lipinski definition) is 1. The van der Waals surface area contributed by atoms with Crippen LogP contribution in [0.5, 0.6) is 0 Å². The van der Waals surface area contributed by atoms with Crippen molar-refractivity contribution in [2.75, 3.05) is 26.4 Å². The zero-order valence-corrected chi connectivity index (χ0v) is 8.58. The van der Waals surface area contributed by atoms with Crippen LogP contribution in [0.3, 0.4) is 0 Å². The lowest BCUT2D eigenvalue weighted by Gasteiger charge is -2.27. The Balaban J connectivity index is 2.17. The highest BCUT2D eigenvalue weighted by atomic mass is 16.5. The van der Waals surface area contributed by atoms with Crippen molar-refractivity contribution in [2.45, 2.75) is 32.8 Å². The van der Waals surface area contributed by atoms with E-state index in [-0.39, 0.29) is 12.0 Å². The molecule has 0 aromatic rings. The summed E-state index contributed by atoms with van der Waals surface area (Å²) in [7, 11) is 0. The fraction of sp³-hybridized carbons (Fsp3) is 1.00. The van der Waals surface area contributed by atoms with Crippen LogP contribution < -0.4 is 0 Å². The molecule has 1 aliphatic rings. The van der Waals surface area contributed by atoms with E-state index in [1.807, 2.05) is 13.8 Å². The monoisotopic (exact) mass is 188 g/mol. The van der Waals surface area contributed by atoms with Crippen molar-refractivity contribution in [2.24, 2.45) is 5.41 Å². The van der Waals surface area contributed by atoms with Crippen molar-refractivity contribution in [3.05, 3.63) is 0 Å². The van der Waals surface area contributed by atoms with E-state index in [0.29, 0.717) is 12.7 Å². The molecule has 0 aliphatic carbocycles. The van der Waals surface area contributed by atoms with E-state index in [4.69, 9.17) is 14.6 Å². The van der Waals surface area contributed by atoms with Gasteiger partial charge in [-0.2, -0.15) is 0 Å². The van der Waals surface area contributed by atoms with Crippen LogP contribution in [0, 0.1) is 5.41 Å². The fourth-order valence-corrected chi connectivity index (χ4v) is 1.23. The van der Waals surface area contributed by atoms with E-state index in [1.54, 1.807) is 0 Å². The molecule has 13 heavy (non-hydrogen) atoms. The third kappa shape index (κ3) is 4.07. The highest BCUT2D eigenvalue weighted by Crippen LogP contribution is 2.18. The van der Waals surface area contributed by atoms with Crippen LogP contribution in [0.15, 0.2) is 0 Å². The molecule has 1 heterocycles. The molecule has 0 saturated carbocycles. The Kier molecular flexibility index (Phi) is 4.16. The summed E-state index contributed by atoms with van der Waals surface area (Å²) in [5.74, 6) is 0. The van der Waals surface area contributed by atoms with Crippen LogP contribution in [0.25, 0.3) is 0 Å². The van der Waals surface area contributed by atoms with E-state index in [9.17, 15) is 0 Å². The molecule has 3 nitrogen and oxygen atoms in total. The Labute approximate surface area is 80.0 Å². The van der Waals surface area contributed by atoms with Crippen LogP contribution in [-0.2, 0) is 9.47 Å². The Bertz CT molecular complexity index is 139. The predicted molar refractivity (Wildman–Crippen MR) is 50.7 cm³/mol. The first-order chi connectivity index (χ1) is 6.14. The maximum atomic E-state index is 9.02. The molecule has 0 unspecified atom stereocenters. The summed E-state index contributed by atoms with van der Waals surface area (Å²) in [6.45, 7) is 6.44. The van der Waals surface area contributed by atoms with Crippen molar-refractivity contribution < 1.29 is 14.6 Å². The van der Waals surface area contributed by atoms with Gasteiger partial charge in [-0.15, -0.1) is 0 Å². The van der Waals surface area contributed by atoms with Gasteiger partial charge in [0.1, 0.15) is 0 Å². The molecule has 0 radical (unpaired) electrons. The van der Waals surface area contributed by atoms with Crippen LogP contribution in [0.1, 0.15) is 26.7 Å². The second kappa shape index (κ2) is 4.94. The molecule has 0 atom stereocenters. The van der Waals surface area contributed by atoms with Gasteiger partial charge in [0, 0.05) is 18.6 Å². The molecule has 1 aliphatic heterocycles. The van der Waals surface area contributed by atoms with Gasteiger partial charge in [0.15, 0.2) is 0 Å². The Morgan fingerprint density at radius 3 is 2.54 bits per heavy atom. The minimum Gasteiger partial charge on any atom is -0.396 e. The first-order valence-corrected chi connectivity index (χ1v) is 4.94. The van der Waals surface area contributed by atoms with E-state index in [0.717, 1.165) is 26.1 Å². The van der Waals surface area contributed by atoms with Gasteiger partial charge in [0.05, 0.1) is 19.3 Å². The first-order valence-electron chi connectivity index (χ1n) is 4.94. The fourth-order valence-electron chi connectivity index (χ4n) is 1.23. The van der Waals surface area contributed by atoms with Gasteiger partial charge in [-0.1, -0.05) is 13.8 Å². The molecular formula is C10H20O3. The summed E-state index contributed by atoms with van der Waals surface area (Å²) >= 11 is 0. The van der Waals surface area contributed by atoms with Gasteiger partial charge in [0.25, 0.3) is 0 Å². The average Bonchev–Trinajstić information content (AvgIpc) is 2.17. The standard InChI is InChI=1S/C10H20O3/c1-10(2,7-11)8-13-9-3-5-12-6-4-9/h9,11H,3-8H2,1-2H3. The molecular weight excluding hydrogens is 168 g/mol. The minimum atomic E-state index is -0.113. The molecule has 78 valence electrons. The third-order valence-electron chi connectivity index (χ3n) is 2.31. The smallest absolute Gasteiger partial charge is 0.0619 e. The zero-order chi connectivity index (χ0) is 9.73. The molecule has 1 fully saturated rings. The molecule has 0 aromatic carbocycles. The van der Waals surface area contributed by atoms with E-state index >= 15 is 0 Å². The molecule has 1 N–H and O–H groups in total. The second-order valence-corrected chi connectivity index (χ2v) is 4.45. The van der Waals surface area contributed by atoms with Gasteiger partial charge in [-0.3, -0.25) is 0 Å². The van der Waals surface area contributed by atoms with Crippen molar-refractivity contribution >= 4 is 0 Å². The lowest BCUT2D eigenvalue weighted by atomic mass is 9.96. The highest BCUT2D eigenvalue weighted by molar-refractivity contribution is 4.69. The highest BCUT2D eigenvalue weighted by Gasteiger charge is 2.21. The van der Waals surface area contributed by atoms with Gasteiger partial charge in [-0.25, -0.2) is 0 Å². The van der Waals surface area contributed by atoms with Crippen LogP contribution >= 0.6 is 0 Å². The van der Waals surface area contributed by atoms with Crippen LogP contribution in [-0.4, -0.2) is 37.6 Å². The minimum absolute atomic E-state index is 0.113. The summed E-state index contributed by atoms with van der Waals surface area (Å²) in [5, 5.41) is 9.02. The lowest BCUT2D eigenvalue weighted by Crippen LogP contribution is -2.30. The lowest BCUT2D eigenvalue weighted by molar-refractivity contribution is -0.0644. The van der Waals surface area contributed by atoms with Gasteiger partial charge in [0.2, 0.25) is 0 Å². The van der Waals surface area contributed by atoms with Crippen molar-refractivity contribution in [3.8, 4) is 0 Å². The van der Waals surface area contributed by atoms with Crippen LogP contribution in [0.2, 0.25) is 0 Å². The largest absolute Gasteiger partial charge is 0.396 e. The quantitative estimate of drug-likeness (QED) is 0.720. The number of rotatable bonds is 4. The maximum absolute atomic E-state index is 9.02. The third-order valence-corrected chi connectivity index (χ3v) is 2.31. The number of aliphatic hydroxyl groups excluding tert-OH is 1. The normalized spacial score (nSPS) is 20.5. The second-order valence-electron chi connectivity index (χ2n) is 4.45. The summed E-state index contributed by atoms with van der Waals surface area (Å²) in [6, 6.07) is 0. The van der Waals surface area contributed by atoms with Crippen molar-refractivity contribution in [1.29, 1.82) is 0 Å². The number of aliphatic hydroxyl groups is 1. The SMILES string of the molecule is CC(C)(CO)COC1CCOCC1. The zero-order valence-electron chi connectivity index (χ0n) is 8.58. The van der Waals surface area contributed by atoms with E-state index in [2.05, 4.69) is 0 Å². The molecule has 0 spiro atoms. The van der Waals surface area contributed by atoms with E-state index in [1.165, 1.54) is 0 Å². The van der Waals surface area contributed by atoms with Crippen molar-refractivity contribution in [3.63, 3.8) is 0 Å². The molecule has 0 aromatic heterocycles. The summed E-state index contributed by atoms with van der Waals surface area (Å²) in [6.07, 6.45) is 2.31. The molecule has 1 rings (SSSR count). The van der Waals surface area contributed by atoms with Gasteiger partial charge < -0.3 is 14.6 Å². The molecule has 3 heteroatoms. The average molecular weight is 188 g/mol. The summed E-state index contributed by atoms with van der Waals surface area (Å²) < 4.78 is 10.9. The van der Waals surface area contributed by atoms with Crippen molar-refractivity contribution in [1.82, 2.24) is 0 Å². The van der Waals surface area contributed by atoms with Gasteiger partial charge >= 0.3 is 0 Å². The predicted octanol–water partition coefficient (Wildman–Crippen LogP) is 1.20. The number of ether oxygens (including phenoxy) is 2. The summed E-state index contributed by atoms with van der Waals surface area (Å²) in [4.78, 5) is 0. The Morgan fingerprint density at radius 2 is 2.00 bits per heavy atom. The maximum Gasteiger partial charge on any atom is 0.0619 e. The molecule has 0 amide bonds. The topological polar surface area (TPSA) is 38.7 Å². The van der Waals surface area contributed by atoms with Crippen LogP contribution in [0.4, 0.5) is 0 Å².